The first-order valence-corrected chi connectivity index (χ1v) is 4.90. The Morgan fingerprint density at radius 1 is 1.07 bits per heavy atom. The van der Waals surface area contributed by atoms with E-state index in [0.717, 1.165) is 11.1 Å². The fraction of sp³-hybridized carbons (Fsp3) is 0.0769. The van der Waals surface area contributed by atoms with Gasteiger partial charge in [-0.05, 0) is 22.8 Å². The van der Waals surface area contributed by atoms with Crippen LogP contribution in [0.25, 0.3) is 11.1 Å². The molecular weight excluding hydrogens is 184 g/mol. The Hall–Kier alpha value is -1.64. The summed E-state index contributed by atoms with van der Waals surface area (Å²) in [5.41, 5.74) is 6.11. The van der Waals surface area contributed by atoms with Crippen molar-refractivity contribution >= 4 is 0 Å². The third kappa shape index (κ3) is 2.24. The average molecular weight is 197 g/mol. The van der Waals surface area contributed by atoms with Gasteiger partial charge in [-0.3, -0.25) is 11.3 Å². The summed E-state index contributed by atoms with van der Waals surface area (Å²) < 4.78 is 0. The van der Waals surface area contributed by atoms with Gasteiger partial charge in [0.25, 0.3) is 0 Å². The van der Waals surface area contributed by atoms with Crippen LogP contribution in [0.4, 0.5) is 0 Å². The zero-order chi connectivity index (χ0) is 10.5. The quantitative estimate of drug-likeness (QED) is 0.584. The molecule has 0 aliphatic carbocycles. The van der Waals surface area contributed by atoms with Gasteiger partial charge < -0.3 is 0 Å². The van der Waals surface area contributed by atoms with Crippen LogP contribution in [0.2, 0.25) is 0 Å². The van der Waals surface area contributed by atoms with Crippen LogP contribution in [0.5, 0.6) is 0 Å². The zero-order valence-corrected chi connectivity index (χ0v) is 8.40. The molecule has 0 spiro atoms. The van der Waals surface area contributed by atoms with E-state index in [1.807, 2.05) is 30.3 Å². The minimum Gasteiger partial charge on any atom is -0.271 e. The molecule has 0 unspecified atom stereocenters. The Morgan fingerprint density at radius 3 is 2.60 bits per heavy atom. The largest absolute Gasteiger partial charge is 0.271 e. The van der Waals surface area contributed by atoms with Crippen molar-refractivity contribution in [2.24, 2.45) is 5.84 Å². The topological polar surface area (TPSA) is 38.0 Å². The van der Waals surface area contributed by atoms with Crippen molar-refractivity contribution in [1.82, 2.24) is 5.43 Å². The van der Waals surface area contributed by atoms with Gasteiger partial charge in [0, 0.05) is 6.54 Å². The molecular formula is C13H13N2. The fourth-order valence-corrected chi connectivity index (χ4v) is 1.60. The lowest BCUT2D eigenvalue weighted by Crippen LogP contribution is -2.21. The molecule has 0 aliphatic heterocycles. The lowest BCUT2D eigenvalue weighted by Gasteiger charge is -2.08. The van der Waals surface area contributed by atoms with Crippen LogP contribution >= 0.6 is 0 Å². The van der Waals surface area contributed by atoms with E-state index in [2.05, 4.69) is 29.7 Å². The zero-order valence-electron chi connectivity index (χ0n) is 8.40. The Bertz CT molecular complexity index is 424. The minimum absolute atomic E-state index is 0.654. The average Bonchev–Trinajstić information content (AvgIpc) is 2.31. The summed E-state index contributed by atoms with van der Waals surface area (Å²) in [5.74, 6) is 5.34. The maximum Gasteiger partial charge on any atom is 0.0355 e. The summed E-state index contributed by atoms with van der Waals surface area (Å²) in [5, 5.41) is 0. The molecule has 1 radical (unpaired) electrons. The van der Waals surface area contributed by atoms with Gasteiger partial charge in [-0.25, -0.2) is 0 Å². The van der Waals surface area contributed by atoms with Gasteiger partial charge in [-0.15, -0.1) is 0 Å². The number of hydrogen-bond acceptors (Lipinski definition) is 2. The Kier molecular flexibility index (Phi) is 3.12. The summed E-state index contributed by atoms with van der Waals surface area (Å²) >= 11 is 0. The third-order valence-electron chi connectivity index (χ3n) is 2.30. The molecule has 2 nitrogen and oxygen atoms in total. The van der Waals surface area contributed by atoms with Crippen LogP contribution in [-0.4, -0.2) is 0 Å². The number of hydrogen-bond donors (Lipinski definition) is 2. The number of nitrogens with two attached hydrogens (primary N) is 1. The van der Waals surface area contributed by atoms with Crippen LogP contribution in [0.15, 0.2) is 48.5 Å². The van der Waals surface area contributed by atoms with Crippen LogP contribution in [0, 0.1) is 6.07 Å². The van der Waals surface area contributed by atoms with Gasteiger partial charge in [-0.1, -0.05) is 48.5 Å². The van der Waals surface area contributed by atoms with Crippen molar-refractivity contribution in [2.45, 2.75) is 6.54 Å². The smallest absolute Gasteiger partial charge is 0.0355 e. The molecule has 0 fully saturated rings. The van der Waals surface area contributed by atoms with Gasteiger partial charge in [0.2, 0.25) is 0 Å². The third-order valence-corrected chi connectivity index (χ3v) is 2.30. The number of rotatable bonds is 3. The summed E-state index contributed by atoms with van der Waals surface area (Å²) in [6.45, 7) is 0.654. The highest BCUT2D eigenvalue weighted by Gasteiger charge is 2.02. The van der Waals surface area contributed by atoms with Crippen LogP contribution in [0.1, 0.15) is 5.56 Å². The highest BCUT2D eigenvalue weighted by Crippen LogP contribution is 2.22. The molecule has 2 rings (SSSR count). The molecule has 0 heterocycles. The molecule has 2 heteroatoms. The van der Waals surface area contributed by atoms with Gasteiger partial charge >= 0.3 is 0 Å². The van der Waals surface area contributed by atoms with E-state index in [-0.39, 0.29) is 0 Å². The highest BCUT2D eigenvalue weighted by atomic mass is 15.2. The maximum absolute atomic E-state index is 5.34. The lowest BCUT2D eigenvalue weighted by molar-refractivity contribution is 0.742. The standard InChI is InChI=1S/C13H13N2/c14-15-10-12-8-4-5-9-13(12)11-6-2-1-3-7-11/h1-8,15H,10,14H2. The van der Waals surface area contributed by atoms with E-state index in [1.54, 1.807) is 0 Å². The molecule has 0 aromatic heterocycles. The van der Waals surface area contributed by atoms with E-state index in [0.29, 0.717) is 6.54 Å². The Morgan fingerprint density at radius 2 is 1.87 bits per heavy atom. The molecule has 0 atom stereocenters. The van der Waals surface area contributed by atoms with Crippen LogP contribution in [0.3, 0.4) is 0 Å². The van der Waals surface area contributed by atoms with Gasteiger partial charge in [-0.2, -0.15) is 0 Å². The predicted molar refractivity (Wildman–Crippen MR) is 61.7 cm³/mol. The maximum atomic E-state index is 5.34. The predicted octanol–water partition coefficient (Wildman–Crippen LogP) is 2.12. The van der Waals surface area contributed by atoms with Crippen molar-refractivity contribution in [3.8, 4) is 11.1 Å². The molecule has 2 aromatic rings. The lowest BCUT2D eigenvalue weighted by atomic mass is 10.00. The van der Waals surface area contributed by atoms with Crippen LogP contribution in [-0.2, 0) is 6.54 Å². The Balaban J connectivity index is 2.43. The fourth-order valence-electron chi connectivity index (χ4n) is 1.60. The molecule has 3 N–H and O–H groups in total. The second kappa shape index (κ2) is 4.73. The summed E-state index contributed by atoms with van der Waals surface area (Å²) in [6.07, 6.45) is 0. The number of nitrogens with one attached hydrogen (secondary N) is 1. The molecule has 0 aliphatic rings. The van der Waals surface area contributed by atoms with Crippen LogP contribution < -0.4 is 11.3 Å². The van der Waals surface area contributed by atoms with Gasteiger partial charge in [0.1, 0.15) is 0 Å². The van der Waals surface area contributed by atoms with Crippen molar-refractivity contribution in [3.63, 3.8) is 0 Å². The SMILES string of the molecule is NNCc1ccc[c]c1-c1ccccc1. The molecule has 0 bridgehead atoms. The summed E-state index contributed by atoms with van der Waals surface area (Å²) in [7, 11) is 0. The van der Waals surface area contributed by atoms with E-state index in [1.165, 1.54) is 5.56 Å². The second-order valence-corrected chi connectivity index (χ2v) is 3.32. The second-order valence-electron chi connectivity index (χ2n) is 3.32. The first-order chi connectivity index (χ1) is 7.42. The van der Waals surface area contributed by atoms with Gasteiger partial charge in [0.05, 0.1) is 0 Å². The van der Waals surface area contributed by atoms with Crippen molar-refractivity contribution in [1.29, 1.82) is 0 Å². The van der Waals surface area contributed by atoms with Crippen molar-refractivity contribution in [2.75, 3.05) is 0 Å². The molecule has 0 saturated carbocycles. The summed E-state index contributed by atoms with van der Waals surface area (Å²) in [4.78, 5) is 0. The van der Waals surface area contributed by atoms with E-state index in [4.69, 9.17) is 5.84 Å². The van der Waals surface area contributed by atoms with Gasteiger partial charge in [0.15, 0.2) is 0 Å². The summed E-state index contributed by atoms with van der Waals surface area (Å²) in [6, 6.07) is 19.4. The van der Waals surface area contributed by atoms with Crippen molar-refractivity contribution in [3.05, 3.63) is 60.2 Å². The Labute approximate surface area is 89.7 Å². The number of hydrazine groups is 1. The van der Waals surface area contributed by atoms with E-state index >= 15 is 0 Å². The molecule has 0 saturated heterocycles. The first kappa shape index (κ1) is 9.90. The van der Waals surface area contributed by atoms with Crippen molar-refractivity contribution < 1.29 is 0 Å². The first-order valence-electron chi connectivity index (χ1n) is 4.90. The number of benzene rings is 2. The van der Waals surface area contributed by atoms with E-state index < -0.39 is 0 Å². The molecule has 0 amide bonds. The van der Waals surface area contributed by atoms with E-state index in [9.17, 15) is 0 Å². The molecule has 2 aromatic carbocycles. The monoisotopic (exact) mass is 197 g/mol. The normalized spacial score (nSPS) is 10.2. The molecule has 15 heavy (non-hydrogen) atoms. The molecule has 75 valence electrons. The highest BCUT2D eigenvalue weighted by molar-refractivity contribution is 5.66. The minimum atomic E-state index is 0.654.